The van der Waals surface area contributed by atoms with Crippen LogP contribution in [0.2, 0.25) is 0 Å². The molecule has 0 aliphatic rings. The lowest BCUT2D eigenvalue weighted by molar-refractivity contribution is 0.0490. The fraction of sp³-hybridized carbons (Fsp3) is 1.00. The van der Waals surface area contributed by atoms with E-state index in [1.54, 1.807) is 0 Å². The summed E-state index contributed by atoms with van der Waals surface area (Å²) in [6.07, 6.45) is 7.51. The number of unbranched alkanes of at least 4 members (excludes halogenated alkanes) is 3. The van der Waals surface area contributed by atoms with Gasteiger partial charge < -0.3 is 9.84 Å². The van der Waals surface area contributed by atoms with Crippen molar-refractivity contribution in [2.45, 2.75) is 58.5 Å². The molecule has 0 aromatic heterocycles. The first-order chi connectivity index (χ1) is 6.31. The lowest BCUT2D eigenvalue weighted by Crippen LogP contribution is -2.09. The largest absolute Gasteiger partial charge is 0.396 e. The molecule has 2 nitrogen and oxygen atoms in total. The zero-order valence-corrected chi connectivity index (χ0v) is 9.09. The summed E-state index contributed by atoms with van der Waals surface area (Å²) < 4.78 is 5.50. The third-order valence-corrected chi connectivity index (χ3v) is 2.17. The molecular formula is C11H24O2. The molecule has 0 fully saturated rings. The fourth-order valence-electron chi connectivity index (χ4n) is 1.29. The van der Waals surface area contributed by atoms with E-state index in [1.165, 1.54) is 25.7 Å². The maximum atomic E-state index is 8.55. The first-order valence-corrected chi connectivity index (χ1v) is 5.53. The summed E-state index contributed by atoms with van der Waals surface area (Å²) in [7, 11) is 0. The summed E-state index contributed by atoms with van der Waals surface area (Å²) >= 11 is 0. The standard InChI is InChI=1S/C11H24O2/c1-3-4-5-6-8-11(2)13-10-7-9-12/h11-12H,3-10H2,1-2H3. The van der Waals surface area contributed by atoms with Gasteiger partial charge in [-0.1, -0.05) is 32.6 Å². The van der Waals surface area contributed by atoms with Gasteiger partial charge in [-0.05, 0) is 19.8 Å². The normalized spacial score (nSPS) is 13.2. The molecular weight excluding hydrogens is 164 g/mol. The van der Waals surface area contributed by atoms with Crippen LogP contribution >= 0.6 is 0 Å². The van der Waals surface area contributed by atoms with E-state index in [-0.39, 0.29) is 6.61 Å². The number of aliphatic hydroxyl groups is 1. The first kappa shape index (κ1) is 12.9. The molecule has 0 spiro atoms. The number of rotatable bonds is 9. The van der Waals surface area contributed by atoms with Gasteiger partial charge in [0.25, 0.3) is 0 Å². The molecule has 13 heavy (non-hydrogen) atoms. The Labute approximate surface area is 82.3 Å². The van der Waals surface area contributed by atoms with Gasteiger partial charge in [0.05, 0.1) is 6.10 Å². The second-order valence-electron chi connectivity index (χ2n) is 3.61. The zero-order valence-electron chi connectivity index (χ0n) is 9.09. The highest BCUT2D eigenvalue weighted by molar-refractivity contribution is 4.51. The van der Waals surface area contributed by atoms with Crippen molar-refractivity contribution >= 4 is 0 Å². The van der Waals surface area contributed by atoms with Crippen molar-refractivity contribution in [1.82, 2.24) is 0 Å². The Bertz CT molecular complexity index is 94.1. The molecule has 80 valence electrons. The number of hydrogen-bond donors (Lipinski definition) is 1. The molecule has 1 unspecified atom stereocenters. The minimum absolute atomic E-state index is 0.239. The predicted molar refractivity (Wildman–Crippen MR) is 55.9 cm³/mol. The third kappa shape index (κ3) is 9.84. The Morgan fingerprint density at radius 1 is 1.15 bits per heavy atom. The number of aliphatic hydroxyl groups excluding tert-OH is 1. The van der Waals surface area contributed by atoms with Gasteiger partial charge in [-0.2, -0.15) is 0 Å². The van der Waals surface area contributed by atoms with Crippen LogP contribution in [-0.2, 0) is 4.74 Å². The summed E-state index contributed by atoms with van der Waals surface area (Å²) in [5, 5.41) is 8.55. The van der Waals surface area contributed by atoms with Crippen molar-refractivity contribution < 1.29 is 9.84 Å². The van der Waals surface area contributed by atoms with Crippen LogP contribution < -0.4 is 0 Å². The van der Waals surface area contributed by atoms with Crippen LogP contribution in [0, 0.1) is 0 Å². The monoisotopic (exact) mass is 188 g/mol. The van der Waals surface area contributed by atoms with E-state index in [9.17, 15) is 0 Å². The van der Waals surface area contributed by atoms with Gasteiger partial charge in [0, 0.05) is 13.2 Å². The van der Waals surface area contributed by atoms with Crippen molar-refractivity contribution in [3.8, 4) is 0 Å². The molecule has 0 rings (SSSR count). The Balaban J connectivity index is 3.05. The smallest absolute Gasteiger partial charge is 0.0547 e. The first-order valence-electron chi connectivity index (χ1n) is 5.53. The summed E-state index contributed by atoms with van der Waals surface area (Å²) in [6, 6.07) is 0. The number of ether oxygens (including phenoxy) is 1. The Kier molecular flexibility index (Phi) is 9.94. The molecule has 2 heteroatoms. The predicted octanol–water partition coefficient (Wildman–Crippen LogP) is 2.74. The third-order valence-electron chi connectivity index (χ3n) is 2.17. The average Bonchev–Trinajstić information content (AvgIpc) is 2.13. The molecule has 0 aliphatic heterocycles. The molecule has 1 atom stereocenters. The molecule has 0 aliphatic carbocycles. The molecule has 0 saturated carbocycles. The van der Waals surface area contributed by atoms with Crippen LogP contribution in [0.1, 0.15) is 52.4 Å². The lowest BCUT2D eigenvalue weighted by Gasteiger charge is -2.11. The van der Waals surface area contributed by atoms with E-state index in [0.717, 1.165) is 12.8 Å². The molecule has 0 saturated heterocycles. The van der Waals surface area contributed by atoms with Crippen LogP contribution in [0.3, 0.4) is 0 Å². The van der Waals surface area contributed by atoms with Gasteiger partial charge in [-0.15, -0.1) is 0 Å². The second-order valence-corrected chi connectivity index (χ2v) is 3.61. The number of hydrogen-bond acceptors (Lipinski definition) is 2. The highest BCUT2D eigenvalue weighted by atomic mass is 16.5. The Morgan fingerprint density at radius 2 is 1.92 bits per heavy atom. The van der Waals surface area contributed by atoms with E-state index in [4.69, 9.17) is 9.84 Å². The summed E-state index contributed by atoms with van der Waals surface area (Å²) in [5.41, 5.74) is 0. The van der Waals surface area contributed by atoms with Crippen molar-refractivity contribution in [3.63, 3.8) is 0 Å². The van der Waals surface area contributed by atoms with Crippen molar-refractivity contribution in [1.29, 1.82) is 0 Å². The molecule has 0 bridgehead atoms. The van der Waals surface area contributed by atoms with Gasteiger partial charge >= 0.3 is 0 Å². The SMILES string of the molecule is CCCCCCC(C)OCCCO. The van der Waals surface area contributed by atoms with Gasteiger partial charge in [0.15, 0.2) is 0 Å². The van der Waals surface area contributed by atoms with Crippen LogP contribution in [-0.4, -0.2) is 24.4 Å². The lowest BCUT2D eigenvalue weighted by atomic mass is 10.1. The summed E-state index contributed by atoms with van der Waals surface area (Å²) in [4.78, 5) is 0. The average molecular weight is 188 g/mol. The van der Waals surface area contributed by atoms with Crippen molar-refractivity contribution in [2.24, 2.45) is 0 Å². The molecule has 0 radical (unpaired) electrons. The second kappa shape index (κ2) is 10.0. The highest BCUT2D eigenvalue weighted by Crippen LogP contribution is 2.07. The van der Waals surface area contributed by atoms with Crippen LogP contribution in [0.15, 0.2) is 0 Å². The topological polar surface area (TPSA) is 29.5 Å². The van der Waals surface area contributed by atoms with E-state index in [1.807, 2.05) is 0 Å². The molecule has 0 aromatic carbocycles. The van der Waals surface area contributed by atoms with E-state index in [0.29, 0.717) is 12.7 Å². The maximum absolute atomic E-state index is 8.55. The summed E-state index contributed by atoms with van der Waals surface area (Å²) in [6.45, 7) is 5.28. The maximum Gasteiger partial charge on any atom is 0.0547 e. The Hall–Kier alpha value is -0.0800. The molecule has 0 amide bonds. The highest BCUT2D eigenvalue weighted by Gasteiger charge is 2.00. The quantitative estimate of drug-likeness (QED) is 0.564. The van der Waals surface area contributed by atoms with Crippen LogP contribution in [0.4, 0.5) is 0 Å². The summed E-state index contributed by atoms with van der Waals surface area (Å²) in [5.74, 6) is 0. The molecule has 1 N–H and O–H groups in total. The molecule has 0 heterocycles. The van der Waals surface area contributed by atoms with E-state index >= 15 is 0 Å². The van der Waals surface area contributed by atoms with Gasteiger partial charge in [-0.3, -0.25) is 0 Å². The van der Waals surface area contributed by atoms with Crippen LogP contribution in [0.5, 0.6) is 0 Å². The minimum Gasteiger partial charge on any atom is -0.396 e. The fourth-order valence-corrected chi connectivity index (χ4v) is 1.29. The van der Waals surface area contributed by atoms with Crippen molar-refractivity contribution in [2.75, 3.05) is 13.2 Å². The van der Waals surface area contributed by atoms with E-state index < -0.39 is 0 Å². The van der Waals surface area contributed by atoms with E-state index in [2.05, 4.69) is 13.8 Å². The van der Waals surface area contributed by atoms with Gasteiger partial charge in [0.2, 0.25) is 0 Å². The van der Waals surface area contributed by atoms with Crippen molar-refractivity contribution in [3.05, 3.63) is 0 Å². The van der Waals surface area contributed by atoms with Gasteiger partial charge in [0.1, 0.15) is 0 Å². The minimum atomic E-state index is 0.239. The van der Waals surface area contributed by atoms with Crippen LogP contribution in [0.25, 0.3) is 0 Å². The van der Waals surface area contributed by atoms with Gasteiger partial charge in [-0.25, -0.2) is 0 Å². The molecule has 0 aromatic rings. The zero-order chi connectivity index (χ0) is 9.94. The Morgan fingerprint density at radius 3 is 2.54 bits per heavy atom.